The third kappa shape index (κ3) is 1.88. The second kappa shape index (κ2) is 4.57. The molecule has 0 unspecified atom stereocenters. The highest BCUT2D eigenvalue weighted by molar-refractivity contribution is 6.81. The highest BCUT2D eigenvalue weighted by Gasteiger charge is 2.42. The molecule has 2 aromatic rings. The number of hydrogen-bond acceptors (Lipinski definition) is 0. The normalized spacial score (nSPS) is 22.4. The summed E-state index contributed by atoms with van der Waals surface area (Å²) < 4.78 is 0. The van der Waals surface area contributed by atoms with Crippen LogP contribution in [0.1, 0.15) is 33.3 Å². The van der Waals surface area contributed by atoms with Crippen molar-refractivity contribution in [2.24, 2.45) is 0 Å². The van der Waals surface area contributed by atoms with Crippen molar-refractivity contribution >= 4 is 20.2 Å². The molecule has 0 saturated heterocycles. The highest BCUT2D eigenvalue weighted by Crippen LogP contribution is 2.46. The Labute approximate surface area is 127 Å². The van der Waals surface area contributed by atoms with E-state index in [4.69, 9.17) is 0 Å². The second-order valence-electron chi connectivity index (χ2n) is 6.75. The lowest BCUT2D eigenvalue weighted by Crippen LogP contribution is -2.39. The van der Waals surface area contributed by atoms with E-state index < -0.39 is 8.07 Å². The molecule has 0 N–H and O–H groups in total. The topological polar surface area (TPSA) is 0 Å². The Morgan fingerprint density at radius 2 is 1.10 bits per heavy atom. The van der Waals surface area contributed by atoms with Gasteiger partial charge >= 0.3 is 0 Å². The smallest absolute Gasteiger partial charge is 0.0715 e. The maximum atomic E-state index is 2.54. The van der Waals surface area contributed by atoms with Crippen molar-refractivity contribution in [2.45, 2.75) is 24.2 Å². The van der Waals surface area contributed by atoms with Crippen molar-refractivity contribution in [3.63, 3.8) is 0 Å². The molecule has 2 aromatic carbocycles. The van der Waals surface area contributed by atoms with Gasteiger partial charge in [-0.1, -0.05) is 85.9 Å². The van der Waals surface area contributed by atoms with Crippen LogP contribution in [0.25, 0.3) is 12.2 Å². The molecule has 1 heteroatoms. The standard InChI is InChI=1S/C20H20Si/c1-21(2,19-13-11-15-7-3-5-9-17(15)19)20-14-12-16-8-4-6-10-18(16)20/h3-14,19-20H,1-2H3/t19-,20-/m0/s1. The fourth-order valence-corrected chi connectivity index (χ4v) is 7.69. The van der Waals surface area contributed by atoms with Crippen molar-refractivity contribution in [3.05, 3.63) is 82.9 Å². The van der Waals surface area contributed by atoms with Crippen LogP contribution >= 0.6 is 0 Å². The molecule has 0 fully saturated rings. The Morgan fingerprint density at radius 3 is 1.57 bits per heavy atom. The van der Waals surface area contributed by atoms with Gasteiger partial charge in [-0.25, -0.2) is 0 Å². The molecule has 0 radical (unpaired) electrons. The third-order valence-corrected chi connectivity index (χ3v) is 9.41. The summed E-state index contributed by atoms with van der Waals surface area (Å²) in [5, 5.41) is 0. The van der Waals surface area contributed by atoms with Gasteiger partial charge in [0.2, 0.25) is 0 Å². The maximum Gasteiger partial charge on any atom is 0.0715 e. The minimum absolute atomic E-state index is 0.620. The van der Waals surface area contributed by atoms with Crippen LogP contribution in [0.3, 0.4) is 0 Å². The van der Waals surface area contributed by atoms with E-state index in [-0.39, 0.29) is 0 Å². The zero-order valence-electron chi connectivity index (χ0n) is 12.6. The molecule has 0 aliphatic heterocycles. The van der Waals surface area contributed by atoms with E-state index in [9.17, 15) is 0 Å². The molecular weight excluding hydrogens is 268 g/mol. The number of fused-ring (bicyclic) bond motifs is 2. The molecule has 2 atom stereocenters. The van der Waals surface area contributed by atoms with Crippen molar-refractivity contribution in [3.8, 4) is 0 Å². The number of benzene rings is 2. The first kappa shape index (κ1) is 12.8. The number of hydrogen-bond donors (Lipinski definition) is 0. The fourth-order valence-electron chi connectivity index (χ4n) is 3.99. The Morgan fingerprint density at radius 1 is 0.667 bits per heavy atom. The zero-order valence-corrected chi connectivity index (χ0v) is 13.6. The van der Waals surface area contributed by atoms with Gasteiger partial charge in [-0.05, 0) is 33.3 Å². The zero-order chi connectivity index (χ0) is 14.4. The lowest BCUT2D eigenvalue weighted by molar-refractivity contribution is 1.05. The first-order valence-corrected chi connectivity index (χ1v) is 10.9. The van der Waals surface area contributed by atoms with E-state index in [0.717, 1.165) is 0 Å². The Hall–Kier alpha value is -1.86. The molecule has 4 rings (SSSR count). The minimum atomic E-state index is -1.51. The van der Waals surface area contributed by atoms with E-state index in [1.54, 1.807) is 0 Å². The summed E-state index contributed by atoms with van der Waals surface area (Å²) in [4.78, 5) is 0. The van der Waals surface area contributed by atoms with E-state index >= 15 is 0 Å². The van der Waals surface area contributed by atoms with Crippen molar-refractivity contribution in [1.29, 1.82) is 0 Å². The van der Waals surface area contributed by atoms with E-state index in [2.05, 4.69) is 85.9 Å². The predicted octanol–water partition coefficient (Wildman–Crippen LogP) is 5.39. The number of rotatable bonds is 2. The lowest BCUT2D eigenvalue weighted by atomic mass is 10.1. The van der Waals surface area contributed by atoms with Gasteiger partial charge in [0.25, 0.3) is 0 Å². The molecule has 0 saturated carbocycles. The monoisotopic (exact) mass is 288 g/mol. The highest BCUT2D eigenvalue weighted by atomic mass is 28.3. The van der Waals surface area contributed by atoms with Crippen LogP contribution in [-0.4, -0.2) is 8.07 Å². The van der Waals surface area contributed by atoms with Gasteiger partial charge in [-0.2, -0.15) is 0 Å². The summed E-state index contributed by atoms with van der Waals surface area (Å²) in [5.74, 6) is 0. The predicted molar refractivity (Wildman–Crippen MR) is 93.9 cm³/mol. The Kier molecular flexibility index (Phi) is 2.80. The number of allylic oxidation sites excluding steroid dienone is 2. The van der Waals surface area contributed by atoms with E-state index in [1.165, 1.54) is 22.3 Å². The van der Waals surface area contributed by atoms with Crippen molar-refractivity contribution < 1.29 is 0 Å². The van der Waals surface area contributed by atoms with Gasteiger partial charge in [-0.15, -0.1) is 0 Å². The molecule has 2 aliphatic carbocycles. The third-order valence-electron chi connectivity index (χ3n) is 5.20. The Balaban J connectivity index is 1.76. The van der Waals surface area contributed by atoms with Gasteiger partial charge < -0.3 is 0 Å². The first-order chi connectivity index (χ1) is 10.2. The van der Waals surface area contributed by atoms with Gasteiger partial charge in [0.1, 0.15) is 0 Å². The molecular formula is C20H20Si. The molecule has 0 spiro atoms. The summed E-state index contributed by atoms with van der Waals surface area (Å²) in [6, 6.07) is 17.8. The van der Waals surface area contributed by atoms with E-state index in [1.807, 2.05) is 0 Å². The minimum Gasteiger partial charge on any atom is -0.0791 e. The second-order valence-corrected chi connectivity index (χ2v) is 11.6. The van der Waals surface area contributed by atoms with Crippen LogP contribution < -0.4 is 0 Å². The molecule has 0 bridgehead atoms. The molecule has 0 heterocycles. The van der Waals surface area contributed by atoms with Crippen molar-refractivity contribution in [2.75, 3.05) is 0 Å². The summed E-state index contributed by atoms with van der Waals surface area (Å²) in [5.41, 5.74) is 7.14. The van der Waals surface area contributed by atoms with Crippen molar-refractivity contribution in [1.82, 2.24) is 0 Å². The van der Waals surface area contributed by atoms with E-state index in [0.29, 0.717) is 11.1 Å². The lowest BCUT2D eigenvalue weighted by Gasteiger charge is -2.35. The largest absolute Gasteiger partial charge is 0.0791 e. The van der Waals surface area contributed by atoms with Crippen LogP contribution in [-0.2, 0) is 0 Å². The van der Waals surface area contributed by atoms with Crippen LogP contribution in [0.5, 0.6) is 0 Å². The Bertz CT molecular complexity index is 688. The van der Waals surface area contributed by atoms with Gasteiger partial charge in [0, 0.05) is 0 Å². The average molecular weight is 288 g/mol. The van der Waals surface area contributed by atoms with Crippen LogP contribution in [0.15, 0.2) is 60.7 Å². The summed E-state index contributed by atoms with van der Waals surface area (Å²) in [6.45, 7) is 5.09. The summed E-state index contributed by atoms with van der Waals surface area (Å²) in [7, 11) is -1.51. The van der Waals surface area contributed by atoms with Crippen LogP contribution in [0, 0.1) is 0 Å². The fraction of sp³-hybridized carbons (Fsp3) is 0.200. The summed E-state index contributed by atoms with van der Waals surface area (Å²) >= 11 is 0. The quantitative estimate of drug-likeness (QED) is 0.650. The molecule has 2 aliphatic rings. The molecule has 0 nitrogen and oxygen atoms in total. The molecule has 0 aromatic heterocycles. The average Bonchev–Trinajstić information content (AvgIpc) is 3.12. The molecule has 104 valence electrons. The molecule has 21 heavy (non-hydrogen) atoms. The van der Waals surface area contributed by atoms with Gasteiger partial charge in [0.05, 0.1) is 8.07 Å². The maximum absolute atomic E-state index is 2.54. The SMILES string of the molecule is C[Si](C)([C@H]1C=Cc2ccccc21)[C@H]1C=Cc2ccccc21. The summed E-state index contributed by atoms with van der Waals surface area (Å²) in [6.07, 6.45) is 9.54. The van der Waals surface area contributed by atoms with Crippen LogP contribution in [0.2, 0.25) is 13.1 Å². The first-order valence-electron chi connectivity index (χ1n) is 7.72. The van der Waals surface area contributed by atoms with Gasteiger partial charge in [-0.3, -0.25) is 0 Å². The van der Waals surface area contributed by atoms with Crippen LogP contribution in [0.4, 0.5) is 0 Å². The van der Waals surface area contributed by atoms with Gasteiger partial charge in [0.15, 0.2) is 0 Å². The molecule has 0 amide bonds.